The number of nitrogens with zero attached hydrogens (tertiary/aromatic N) is 1. The average molecular weight is 479 g/mol. The second-order valence-electron chi connectivity index (χ2n) is 8.50. The predicted molar refractivity (Wildman–Crippen MR) is 124 cm³/mol. The number of carboxylic acids is 1. The van der Waals surface area contributed by atoms with Gasteiger partial charge in [0.1, 0.15) is 25.0 Å². The van der Waals surface area contributed by atoms with E-state index in [2.05, 4.69) is 10.6 Å². The molecule has 0 aliphatic carbocycles. The smallest absolute Gasteiger partial charge is 0.408 e. The Balaban J connectivity index is 1.51. The number of ether oxygens (including phenoxy) is 1. The van der Waals surface area contributed by atoms with Crippen LogP contribution in [0.15, 0.2) is 48.5 Å². The lowest BCUT2D eigenvalue weighted by atomic mass is 10.0. The summed E-state index contributed by atoms with van der Waals surface area (Å²) < 4.78 is 5.26. The van der Waals surface area contributed by atoms with Crippen molar-refractivity contribution in [1.29, 1.82) is 0 Å². The number of nitrogens with one attached hydrogen (secondary N) is 2. The Morgan fingerprint density at radius 1 is 1.11 bits per heavy atom. The van der Waals surface area contributed by atoms with Crippen molar-refractivity contribution in [3.05, 3.63) is 65.2 Å². The zero-order chi connectivity index (χ0) is 24.9. The van der Waals surface area contributed by atoms with Gasteiger partial charge in [0.2, 0.25) is 11.8 Å². The van der Waals surface area contributed by atoms with E-state index in [-0.39, 0.29) is 13.0 Å². The van der Waals surface area contributed by atoms with Gasteiger partial charge in [-0.05, 0) is 29.5 Å². The molecule has 0 saturated heterocycles. The van der Waals surface area contributed by atoms with Gasteiger partial charge in [-0.1, -0.05) is 48.5 Å². The third-order valence-corrected chi connectivity index (χ3v) is 6.10. The Kier molecular flexibility index (Phi) is 7.09. The van der Waals surface area contributed by atoms with Crippen LogP contribution < -0.4 is 15.5 Å². The van der Waals surface area contributed by atoms with Crippen molar-refractivity contribution >= 4 is 35.9 Å². The van der Waals surface area contributed by atoms with Crippen molar-refractivity contribution < 1.29 is 33.8 Å². The maximum Gasteiger partial charge on any atom is 0.408 e. The Hall–Kier alpha value is -4.21. The SMILES string of the molecule is O=CC(CC(=O)O)NC(=O)[C@@H]1Cc2cccc3c2N1C(=O)[C@@H](NC(=O)OCc1ccccc1)CC3. The van der Waals surface area contributed by atoms with Gasteiger partial charge >= 0.3 is 12.1 Å². The van der Waals surface area contributed by atoms with E-state index in [0.717, 1.165) is 16.7 Å². The molecule has 0 saturated carbocycles. The summed E-state index contributed by atoms with van der Waals surface area (Å²) in [7, 11) is 0. The van der Waals surface area contributed by atoms with Crippen LogP contribution in [0.3, 0.4) is 0 Å². The molecule has 0 radical (unpaired) electrons. The second kappa shape index (κ2) is 10.4. The average Bonchev–Trinajstić information content (AvgIpc) is 3.19. The molecule has 10 heteroatoms. The summed E-state index contributed by atoms with van der Waals surface area (Å²) in [6, 6.07) is 11.5. The van der Waals surface area contributed by atoms with Crippen LogP contribution in [0.1, 0.15) is 29.5 Å². The Morgan fingerprint density at radius 2 is 1.86 bits per heavy atom. The van der Waals surface area contributed by atoms with Crippen molar-refractivity contribution in [3.63, 3.8) is 0 Å². The van der Waals surface area contributed by atoms with Crippen molar-refractivity contribution in [2.75, 3.05) is 4.90 Å². The fourth-order valence-corrected chi connectivity index (χ4v) is 4.48. The number of anilines is 1. The van der Waals surface area contributed by atoms with Crippen LogP contribution >= 0.6 is 0 Å². The van der Waals surface area contributed by atoms with Gasteiger partial charge in [0, 0.05) is 6.42 Å². The molecule has 182 valence electrons. The van der Waals surface area contributed by atoms with Gasteiger partial charge in [0.15, 0.2) is 0 Å². The minimum atomic E-state index is -1.23. The maximum atomic E-state index is 13.5. The summed E-state index contributed by atoms with van der Waals surface area (Å²) >= 11 is 0. The van der Waals surface area contributed by atoms with Gasteiger partial charge in [-0.3, -0.25) is 19.3 Å². The zero-order valence-corrected chi connectivity index (χ0v) is 18.8. The Morgan fingerprint density at radius 3 is 2.57 bits per heavy atom. The first kappa shape index (κ1) is 23.9. The van der Waals surface area contributed by atoms with Crippen molar-refractivity contribution in [3.8, 4) is 0 Å². The van der Waals surface area contributed by atoms with E-state index >= 15 is 0 Å². The molecule has 2 heterocycles. The summed E-state index contributed by atoms with van der Waals surface area (Å²) in [4.78, 5) is 62.6. The summed E-state index contributed by atoms with van der Waals surface area (Å²) in [5, 5.41) is 14.0. The van der Waals surface area contributed by atoms with Gasteiger partial charge in [-0.15, -0.1) is 0 Å². The molecule has 2 aliphatic rings. The first-order chi connectivity index (χ1) is 16.9. The highest BCUT2D eigenvalue weighted by Crippen LogP contribution is 2.39. The number of benzene rings is 2. The van der Waals surface area contributed by atoms with E-state index in [0.29, 0.717) is 24.8 Å². The van der Waals surface area contributed by atoms with Crippen LogP contribution in [-0.4, -0.2) is 53.4 Å². The van der Waals surface area contributed by atoms with Crippen LogP contribution in [0.2, 0.25) is 0 Å². The van der Waals surface area contributed by atoms with Crippen LogP contribution in [0.25, 0.3) is 0 Å². The number of hydrogen-bond acceptors (Lipinski definition) is 6. The zero-order valence-electron chi connectivity index (χ0n) is 18.8. The highest BCUT2D eigenvalue weighted by molar-refractivity contribution is 6.08. The lowest BCUT2D eigenvalue weighted by molar-refractivity contribution is -0.139. The summed E-state index contributed by atoms with van der Waals surface area (Å²) in [6.07, 6.45) is 0.0733. The van der Waals surface area contributed by atoms with E-state index < -0.39 is 48.4 Å². The molecular weight excluding hydrogens is 454 g/mol. The number of carboxylic acid groups (broad SMARTS) is 1. The van der Waals surface area contributed by atoms with E-state index in [1.54, 1.807) is 0 Å². The molecule has 4 rings (SSSR count). The number of carbonyl (C=O) groups excluding carboxylic acids is 4. The Bertz CT molecular complexity index is 1150. The number of hydrogen-bond donors (Lipinski definition) is 3. The van der Waals surface area contributed by atoms with Crippen molar-refractivity contribution in [2.24, 2.45) is 0 Å². The molecule has 0 aromatic heterocycles. The van der Waals surface area contributed by atoms with Crippen LogP contribution in [0.5, 0.6) is 0 Å². The minimum absolute atomic E-state index is 0.0450. The van der Waals surface area contributed by atoms with Gasteiger partial charge in [-0.25, -0.2) is 4.79 Å². The number of aryl methyl sites for hydroxylation is 1. The fraction of sp³-hybridized carbons (Fsp3) is 0.320. The lowest BCUT2D eigenvalue weighted by Gasteiger charge is -2.28. The first-order valence-electron chi connectivity index (χ1n) is 11.3. The molecule has 2 aromatic rings. The van der Waals surface area contributed by atoms with Crippen molar-refractivity contribution in [1.82, 2.24) is 10.6 Å². The number of para-hydroxylation sites is 1. The number of rotatable bonds is 8. The lowest BCUT2D eigenvalue weighted by Crippen LogP contribution is -2.55. The second-order valence-corrected chi connectivity index (χ2v) is 8.50. The standard InChI is InChI=1S/C25H25N3O7/c29-13-18(12-21(30)31)26-23(32)20-11-17-8-4-7-16-9-10-19(24(33)28(20)22(16)17)27-25(34)35-14-15-5-2-1-3-6-15/h1-8,13,18-20H,9-12,14H2,(H,26,32)(H,27,34)(H,30,31)/t18?,19-,20-/m0/s1. The third kappa shape index (κ3) is 5.32. The first-order valence-corrected chi connectivity index (χ1v) is 11.3. The maximum absolute atomic E-state index is 13.5. The molecule has 0 spiro atoms. The predicted octanol–water partition coefficient (Wildman–Crippen LogP) is 1.34. The van der Waals surface area contributed by atoms with Crippen LogP contribution in [-0.2, 0) is 43.4 Å². The van der Waals surface area contributed by atoms with Crippen molar-refractivity contribution in [2.45, 2.75) is 50.4 Å². The highest BCUT2D eigenvalue weighted by Gasteiger charge is 2.44. The Labute approximate surface area is 201 Å². The summed E-state index contributed by atoms with van der Waals surface area (Å²) in [6.45, 7) is 0.0450. The van der Waals surface area contributed by atoms with Crippen LogP contribution in [0.4, 0.5) is 10.5 Å². The summed E-state index contributed by atoms with van der Waals surface area (Å²) in [5.41, 5.74) is 3.09. The topological polar surface area (TPSA) is 142 Å². The summed E-state index contributed by atoms with van der Waals surface area (Å²) in [5.74, 6) is -2.33. The molecule has 3 amide bonds. The molecule has 35 heavy (non-hydrogen) atoms. The van der Waals surface area contributed by atoms with Crippen LogP contribution in [0, 0.1) is 0 Å². The van der Waals surface area contributed by atoms with Gasteiger partial charge in [-0.2, -0.15) is 0 Å². The molecule has 3 atom stereocenters. The van der Waals surface area contributed by atoms with E-state index in [1.165, 1.54) is 4.90 Å². The number of amides is 3. The van der Waals surface area contributed by atoms with Gasteiger partial charge in [0.05, 0.1) is 18.2 Å². The fourth-order valence-electron chi connectivity index (χ4n) is 4.48. The molecule has 2 aromatic carbocycles. The van der Waals surface area contributed by atoms with Gasteiger partial charge < -0.3 is 25.3 Å². The molecule has 3 N–H and O–H groups in total. The molecule has 2 aliphatic heterocycles. The van der Waals surface area contributed by atoms with E-state index in [4.69, 9.17) is 9.84 Å². The number of aliphatic carboxylic acids is 1. The minimum Gasteiger partial charge on any atom is -0.481 e. The molecule has 0 bridgehead atoms. The molecule has 0 fully saturated rings. The largest absolute Gasteiger partial charge is 0.481 e. The molecular formula is C25H25N3O7. The quantitative estimate of drug-likeness (QED) is 0.485. The number of carbonyl (C=O) groups is 5. The molecule has 1 unspecified atom stereocenters. The normalized spacial score (nSPS) is 19.2. The number of aldehydes is 1. The van der Waals surface area contributed by atoms with Gasteiger partial charge in [0.25, 0.3) is 0 Å². The monoisotopic (exact) mass is 479 g/mol. The highest BCUT2D eigenvalue weighted by atomic mass is 16.5. The number of alkyl carbamates (subject to hydrolysis) is 1. The van der Waals surface area contributed by atoms with E-state index in [9.17, 15) is 24.0 Å². The third-order valence-electron chi connectivity index (χ3n) is 6.10. The van der Waals surface area contributed by atoms with E-state index in [1.807, 2.05) is 48.5 Å². The molecule has 10 nitrogen and oxygen atoms in total.